The van der Waals surface area contributed by atoms with Gasteiger partial charge in [-0.3, -0.25) is 14.7 Å². The molecule has 0 saturated heterocycles. The van der Waals surface area contributed by atoms with E-state index in [0.717, 1.165) is 19.3 Å². The number of nitrogens with zero attached hydrogens (tertiary/aromatic N) is 3. The Bertz CT molecular complexity index is 1190. The number of aliphatic hydroxyl groups excluding tert-OH is 1. The molecule has 1 fully saturated rings. The second-order valence-electron chi connectivity index (χ2n) is 8.02. The van der Waals surface area contributed by atoms with Crippen molar-refractivity contribution in [2.45, 2.75) is 38.0 Å². The lowest BCUT2D eigenvalue weighted by atomic mass is 10.0. The number of benzene rings is 1. The number of fused-ring (bicyclic) bond motifs is 1. The third-order valence-electron chi connectivity index (χ3n) is 6.10. The monoisotopic (exact) mass is 434 g/mol. The van der Waals surface area contributed by atoms with Crippen LogP contribution >= 0.6 is 0 Å². The van der Waals surface area contributed by atoms with E-state index in [1.54, 1.807) is 29.2 Å². The molecule has 3 aromatic rings. The number of nitrogens with one attached hydrogen (secondary N) is 1. The molecule has 2 N–H and O–H groups in total. The van der Waals surface area contributed by atoms with E-state index >= 15 is 0 Å². The molecule has 2 atom stereocenters. The van der Waals surface area contributed by atoms with Crippen LogP contribution in [0.3, 0.4) is 0 Å². The van der Waals surface area contributed by atoms with Crippen molar-refractivity contribution >= 4 is 17.5 Å². The molecule has 5 rings (SSSR count). The minimum atomic E-state index is -0.462. The summed E-state index contributed by atoms with van der Waals surface area (Å²) in [5, 5.41) is 13.4. The van der Waals surface area contributed by atoms with Gasteiger partial charge in [0, 0.05) is 17.3 Å². The van der Waals surface area contributed by atoms with Crippen molar-refractivity contribution in [3.05, 3.63) is 65.6 Å². The van der Waals surface area contributed by atoms with Crippen molar-refractivity contribution in [2.75, 3.05) is 17.3 Å². The zero-order chi connectivity index (χ0) is 22.2. The maximum atomic E-state index is 14.7. The van der Waals surface area contributed by atoms with Gasteiger partial charge >= 0.3 is 0 Å². The summed E-state index contributed by atoms with van der Waals surface area (Å²) in [6, 6.07) is 11.6. The number of hydrogen-bond donors (Lipinski definition) is 2. The minimum absolute atomic E-state index is 0.0476. The van der Waals surface area contributed by atoms with Crippen LogP contribution in [0.2, 0.25) is 0 Å². The van der Waals surface area contributed by atoms with E-state index in [1.165, 1.54) is 19.4 Å². The standard InChI is InChI=1S/C24H23FN4O3/c1-32-19-8-2-5-16(25)22(19)23-15-13-29(24(31)14(15)11-12-26-23)21-10-4-9-20(28-21)27-17-6-3-7-18(17)30/h2,4-5,8-12,17-18,30H,3,6-7,13H2,1H3,(H,27,28)/t17-,18+/m0/s1. The van der Waals surface area contributed by atoms with Gasteiger partial charge in [0.25, 0.3) is 5.91 Å². The highest BCUT2D eigenvalue weighted by Gasteiger charge is 2.34. The van der Waals surface area contributed by atoms with Gasteiger partial charge in [-0.15, -0.1) is 0 Å². The summed E-state index contributed by atoms with van der Waals surface area (Å²) in [5.41, 5.74) is 1.72. The van der Waals surface area contributed by atoms with E-state index in [1.807, 2.05) is 12.1 Å². The first kappa shape index (κ1) is 20.4. The lowest BCUT2D eigenvalue weighted by molar-refractivity contribution is 0.0996. The predicted octanol–water partition coefficient (Wildman–Crippen LogP) is 3.78. The topological polar surface area (TPSA) is 87.6 Å². The molecule has 1 aliphatic carbocycles. The minimum Gasteiger partial charge on any atom is -0.496 e. The quantitative estimate of drug-likeness (QED) is 0.636. The Morgan fingerprint density at radius 1 is 1.19 bits per heavy atom. The summed E-state index contributed by atoms with van der Waals surface area (Å²) < 4.78 is 20.1. The van der Waals surface area contributed by atoms with Gasteiger partial charge in [0.1, 0.15) is 23.2 Å². The number of ether oxygens (including phenoxy) is 1. The van der Waals surface area contributed by atoms with Gasteiger partial charge in [-0.2, -0.15) is 0 Å². The van der Waals surface area contributed by atoms with Crippen LogP contribution in [0.5, 0.6) is 5.75 Å². The van der Waals surface area contributed by atoms with Gasteiger partial charge in [0.05, 0.1) is 37.1 Å². The molecule has 0 radical (unpaired) electrons. The zero-order valence-electron chi connectivity index (χ0n) is 17.6. The van der Waals surface area contributed by atoms with E-state index in [4.69, 9.17) is 4.74 Å². The fourth-order valence-electron chi connectivity index (χ4n) is 4.49. The van der Waals surface area contributed by atoms with Crippen LogP contribution < -0.4 is 15.0 Å². The van der Waals surface area contributed by atoms with Gasteiger partial charge in [0.2, 0.25) is 0 Å². The summed E-state index contributed by atoms with van der Waals surface area (Å²) >= 11 is 0. The molecule has 7 nitrogen and oxygen atoms in total. The Morgan fingerprint density at radius 2 is 2.03 bits per heavy atom. The van der Waals surface area contributed by atoms with Crippen LogP contribution in [-0.4, -0.2) is 40.2 Å². The van der Waals surface area contributed by atoms with E-state index in [2.05, 4.69) is 15.3 Å². The van der Waals surface area contributed by atoms with Crippen LogP contribution in [0.4, 0.5) is 16.0 Å². The van der Waals surface area contributed by atoms with Crippen molar-refractivity contribution in [2.24, 2.45) is 0 Å². The molecule has 32 heavy (non-hydrogen) atoms. The maximum Gasteiger partial charge on any atom is 0.260 e. The number of rotatable bonds is 5. The highest BCUT2D eigenvalue weighted by Crippen LogP contribution is 2.38. The number of hydrogen-bond acceptors (Lipinski definition) is 6. The molecular weight excluding hydrogens is 411 g/mol. The molecule has 0 unspecified atom stereocenters. The fourth-order valence-corrected chi connectivity index (χ4v) is 4.49. The Kier molecular flexibility index (Phi) is 5.22. The molecule has 0 spiro atoms. The molecule has 3 heterocycles. The van der Waals surface area contributed by atoms with Crippen molar-refractivity contribution in [3.63, 3.8) is 0 Å². The number of halogens is 1. The van der Waals surface area contributed by atoms with Crippen LogP contribution in [-0.2, 0) is 6.54 Å². The number of aliphatic hydroxyl groups is 1. The van der Waals surface area contributed by atoms with Crippen molar-refractivity contribution < 1.29 is 19.0 Å². The Balaban J connectivity index is 1.48. The number of anilines is 2. The number of carbonyl (C=O) groups excluding carboxylic acids is 1. The second-order valence-corrected chi connectivity index (χ2v) is 8.02. The summed E-state index contributed by atoms with van der Waals surface area (Å²) in [6.07, 6.45) is 3.72. The highest BCUT2D eigenvalue weighted by atomic mass is 19.1. The lowest BCUT2D eigenvalue weighted by Gasteiger charge is -2.19. The van der Waals surface area contributed by atoms with Crippen molar-refractivity contribution in [1.29, 1.82) is 0 Å². The van der Waals surface area contributed by atoms with E-state index in [9.17, 15) is 14.3 Å². The van der Waals surface area contributed by atoms with Crippen LogP contribution in [0.15, 0.2) is 48.7 Å². The molecule has 1 saturated carbocycles. The number of amides is 1. The molecule has 2 aliphatic rings. The Labute approximate surface area is 184 Å². The van der Waals surface area contributed by atoms with Crippen LogP contribution in [0.25, 0.3) is 11.3 Å². The average Bonchev–Trinajstić information content (AvgIpc) is 3.36. The molecule has 1 amide bonds. The Morgan fingerprint density at radius 3 is 2.81 bits per heavy atom. The maximum absolute atomic E-state index is 14.7. The van der Waals surface area contributed by atoms with E-state index in [-0.39, 0.29) is 24.1 Å². The number of aromatic nitrogens is 2. The number of methoxy groups -OCH3 is 1. The first-order valence-electron chi connectivity index (χ1n) is 10.6. The number of carbonyl (C=O) groups is 1. The highest BCUT2D eigenvalue weighted by molar-refractivity contribution is 6.10. The van der Waals surface area contributed by atoms with Crippen molar-refractivity contribution in [3.8, 4) is 17.0 Å². The zero-order valence-corrected chi connectivity index (χ0v) is 17.6. The summed E-state index contributed by atoms with van der Waals surface area (Å²) in [5.74, 6) is 0.762. The third-order valence-corrected chi connectivity index (χ3v) is 6.10. The van der Waals surface area contributed by atoms with Gasteiger partial charge < -0.3 is 15.2 Å². The van der Waals surface area contributed by atoms with Crippen LogP contribution in [0.1, 0.15) is 35.2 Å². The second kappa shape index (κ2) is 8.20. The summed E-state index contributed by atoms with van der Waals surface area (Å²) in [7, 11) is 1.47. The summed E-state index contributed by atoms with van der Waals surface area (Å²) in [6.45, 7) is 0.220. The smallest absolute Gasteiger partial charge is 0.260 e. The first-order chi connectivity index (χ1) is 15.6. The molecule has 164 valence electrons. The van der Waals surface area contributed by atoms with Gasteiger partial charge in [0.15, 0.2) is 0 Å². The molecule has 2 aromatic heterocycles. The molecule has 1 aromatic carbocycles. The largest absolute Gasteiger partial charge is 0.496 e. The van der Waals surface area contributed by atoms with E-state index < -0.39 is 11.9 Å². The summed E-state index contributed by atoms with van der Waals surface area (Å²) in [4.78, 5) is 23.7. The van der Waals surface area contributed by atoms with Gasteiger partial charge in [-0.05, 0) is 49.6 Å². The molecule has 0 bridgehead atoms. The number of pyridine rings is 2. The molecule has 1 aliphatic heterocycles. The van der Waals surface area contributed by atoms with Gasteiger partial charge in [-0.1, -0.05) is 12.1 Å². The SMILES string of the molecule is COc1cccc(F)c1-c1nccc2c1CN(c1cccc(N[C@H]3CCC[C@H]3O)n1)C2=O. The normalized spacial score (nSPS) is 19.8. The third kappa shape index (κ3) is 3.46. The molecule has 8 heteroatoms. The fraction of sp³-hybridized carbons (Fsp3) is 0.292. The van der Waals surface area contributed by atoms with Gasteiger partial charge in [-0.25, -0.2) is 9.37 Å². The van der Waals surface area contributed by atoms with Crippen LogP contribution in [0, 0.1) is 5.82 Å². The Hall–Kier alpha value is -3.52. The first-order valence-corrected chi connectivity index (χ1v) is 10.6. The van der Waals surface area contributed by atoms with E-state index in [0.29, 0.717) is 34.2 Å². The average molecular weight is 434 g/mol. The lowest BCUT2D eigenvalue weighted by Crippen LogP contribution is -2.29. The van der Waals surface area contributed by atoms with Crippen molar-refractivity contribution in [1.82, 2.24) is 9.97 Å². The predicted molar refractivity (Wildman–Crippen MR) is 118 cm³/mol. The molecular formula is C24H23FN4O3.